The normalized spacial score (nSPS) is 18.7. The molecule has 0 saturated heterocycles. The van der Waals surface area contributed by atoms with E-state index in [2.05, 4.69) is 34.6 Å². The fourth-order valence-electron chi connectivity index (χ4n) is 4.19. The van der Waals surface area contributed by atoms with Crippen LogP contribution >= 0.6 is 11.6 Å². The van der Waals surface area contributed by atoms with Gasteiger partial charge < -0.3 is 4.90 Å². The number of benzene rings is 1. The van der Waals surface area contributed by atoms with Gasteiger partial charge in [-0.15, -0.1) is 16.7 Å². The minimum absolute atomic E-state index is 0.00532. The molecule has 1 aromatic carbocycles. The third-order valence-electron chi connectivity index (χ3n) is 5.42. The highest BCUT2D eigenvalue weighted by atomic mass is 35.5. The van der Waals surface area contributed by atoms with E-state index in [1.165, 1.54) is 35.1 Å². The van der Waals surface area contributed by atoms with Crippen molar-refractivity contribution < 1.29 is 4.79 Å². The van der Waals surface area contributed by atoms with Crippen LogP contribution in [0.5, 0.6) is 0 Å². The van der Waals surface area contributed by atoms with E-state index in [9.17, 15) is 4.79 Å². The molecule has 1 aromatic heterocycles. The number of amides is 1. The summed E-state index contributed by atoms with van der Waals surface area (Å²) in [4.78, 5) is 14.4. The average molecular weight is 360 g/mol. The molecule has 25 heavy (non-hydrogen) atoms. The molecule has 0 spiro atoms. The van der Waals surface area contributed by atoms with Crippen molar-refractivity contribution >= 4 is 17.5 Å². The maximum Gasteiger partial charge on any atom is 0.238 e. The average Bonchev–Trinajstić information content (AvgIpc) is 3.27. The molecular formula is C18H22ClN5O. The number of fused-ring (bicyclic) bond motifs is 2. The lowest BCUT2D eigenvalue weighted by Gasteiger charge is -2.33. The van der Waals surface area contributed by atoms with Crippen molar-refractivity contribution in [3.8, 4) is 0 Å². The molecule has 1 aliphatic carbocycles. The zero-order valence-electron chi connectivity index (χ0n) is 14.4. The van der Waals surface area contributed by atoms with E-state index in [1.807, 2.05) is 9.58 Å². The SMILES string of the molecule is Cc1cc(CN(C(=O)CCl)C2CCn3nnnc3C2)cc2c1CCC2. The summed E-state index contributed by atoms with van der Waals surface area (Å²) in [5.74, 6) is 0.824. The van der Waals surface area contributed by atoms with Crippen LogP contribution < -0.4 is 0 Å². The molecule has 1 amide bonds. The van der Waals surface area contributed by atoms with Crippen molar-refractivity contribution in [1.82, 2.24) is 25.1 Å². The molecule has 1 aliphatic heterocycles. The second-order valence-electron chi connectivity index (χ2n) is 7.02. The Morgan fingerprint density at radius 2 is 2.28 bits per heavy atom. The van der Waals surface area contributed by atoms with E-state index in [-0.39, 0.29) is 17.8 Å². The highest BCUT2D eigenvalue weighted by Gasteiger charge is 2.29. The standard InChI is InChI=1S/C18H22ClN5O/c1-12-7-13(8-14-3-2-4-16(12)14)11-23(18(25)10-19)15-5-6-24-17(9-15)20-21-22-24/h7-8,15H,2-6,9-11H2,1H3. The fourth-order valence-corrected chi connectivity index (χ4v) is 4.34. The molecule has 4 rings (SSSR count). The quantitative estimate of drug-likeness (QED) is 0.784. The van der Waals surface area contributed by atoms with Crippen LogP contribution in [-0.2, 0) is 37.1 Å². The van der Waals surface area contributed by atoms with Gasteiger partial charge in [-0.2, -0.15) is 0 Å². The maximum absolute atomic E-state index is 12.5. The molecule has 0 N–H and O–H groups in total. The van der Waals surface area contributed by atoms with Crippen molar-refractivity contribution in [2.24, 2.45) is 0 Å². The maximum atomic E-state index is 12.5. The Balaban J connectivity index is 1.58. The summed E-state index contributed by atoms with van der Waals surface area (Å²) in [5, 5.41) is 11.8. The van der Waals surface area contributed by atoms with Crippen molar-refractivity contribution in [3.05, 3.63) is 40.2 Å². The van der Waals surface area contributed by atoms with Gasteiger partial charge in [-0.1, -0.05) is 12.1 Å². The van der Waals surface area contributed by atoms with Crippen molar-refractivity contribution in [3.63, 3.8) is 0 Å². The first-order valence-corrected chi connectivity index (χ1v) is 9.41. The molecule has 1 unspecified atom stereocenters. The van der Waals surface area contributed by atoms with Crippen LogP contribution in [0.4, 0.5) is 0 Å². The van der Waals surface area contributed by atoms with Gasteiger partial charge in [0, 0.05) is 25.6 Å². The lowest BCUT2D eigenvalue weighted by atomic mass is 9.99. The molecule has 6 nitrogen and oxygen atoms in total. The first-order chi connectivity index (χ1) is 12.2. The van der Waals surface area contributed by atoms with Gasteiger partial charge in [0.15, 0.2) is 5.82 Å². The molecular weight excluding hydrogens is 338 g/mol. The largest absolute Gasteiger partial charge is 0.334 e. The van der Waals surface area contributed by atoms with E-state index in [0.717, 1.165) is 25.2 Å². The highest BCUT2D eigenvalue weighted by molar-refractivity contribution is 6.27. The predicted molar refractivity (Wildman–Crippen MR) is 94.4 cm³/mol. The molecule has 7 heteroatoms. The number of alkyl halides is 1. The zero-order chi connectivity index (χ0) is 17.4. The molecule has 1 atom stereocenters. The lowest BCUT2D eigenvalue weighted by molar-refractivity contribution is -0.132. The number of carbonyl (C=O) groups is 1. The fraction of sp³-hybridized carbons (Fsp3) is 0.556. The number of aryl methyl sites for hydroxylation is 3. The van der Waals surface area contributed by atoms with Crippen LogP contribution in [-0.4, -0.2) is 42.9 Å². The highest BCUT2D eigenvalue weighted by Crippen LogP contribution is 2.28. The smallest absolute Gasteiger partial charge is 0.238 e. The Morgan fingerprint density at radius 1 is 1.40 bits per heavy atom. The van der Waals surface area contributed by atoms with Gasteiger partial charge in [-0.05, 0) is 65.3 Å². The minimum atomic E-state index is -0.0225. The topological polar surface area (TPSA) is 63.9 Å². The molecule has 0 bridgehead atoms. The Kier molecular flexibility index (Phi) is 4.46. The van der Waals surface area contributed by atoms with Crippen molar-refractivity contribution in [2.75, 3.05) is 5.88 Å². The molecule has 0 fully saturated rings. The predicted octanol–water partition coefficient (Wildman–Crippen LogP) is 2.05. The lowest BCUT2D eigenvalue weighted by Crippen LogP contribution is -2.44. The van der Waals surface area contributed by atoms with Crippen LogP contribution in [0.15, 0.2) is 12.1 Å². The number of halogens is 1. The minimum Gasteiger partial charge on any atom is -0.334 e. The van der Waals surface area contributed by atoms with Crippen LogP contribution in [0, 0.1) is 6.92 Å². The van der Waals surface area contributed by atoms with E-state index >= 15 is 0 Å². The van der Waals surface area contributed by atoms with Crippen LogP contribution in [0.2, 0.25) is 0 Å². The Morgan fingerprint density at radius 3 is 3.12 bits per heavy atom. The van der Waals surface area contributed by atoms with E-state index in [4.69, 9.17) is 11.6 Å². The first kappa shape index (κ1) is 16.5. The number of hydrogen-bond acceptors (Lipinski definition) is 4. The summed E-state index contributed by atoms with van der Waals surface area (Å²) in [5.41, 5.74) is 5.48. The molecule has 0 saturated carbocycles. The van der Waals surface area contributed by atoms with E-state index < -0.39 is 0 Å². The summed E-state index contributed by atoms with van der Waals surface area (Å²) in [6, 6.07) is 4.60. The summed E-state index contributed by atoms with van der Waals surface area (Å²) >= 11 is 5.90. The van der Waals surface area contributed by atoms with Gasteiger partial charge in [-0.25, -0.2) is 4.68 Å². The Hall–Kier alpha value is -1.95. The monoisotopic (exact) mass is 359 g/mol. The van der Waals surface area contributed by atoms with Gasteiger partial charge in [0.1, 0.15) is 5.88 Å². The summed E-state index contributed by atoms with van der Waals surface area (Å²) < 4.78 is 1.82. The van der Waals surface area contributed by atoms with Crippen LogP contribution in [0.3, 0.4) is 0 Å². The van der Waals surface area contributed by atoms with Gasteiger partial charge in [0.05, 0.1) is 0 Å². The molecule has 2 aliphatic rings. The second-order valence-corrected chi connectivity index (χ2v) is 7.29. The third kappa shape index (κ3) is 3.15. The molecule has 132 valence electrons. The van der Waals surface area contributed by atoms with E-state index in [1.54, 1.807) is 0 Å². The summed E-state index contributed by atoms with van der Waals surface area (Å²) in [6.45, 7) is 3.52. The van der Waals surface area contributed by atoms with Crippen LogP contribution in [0.1, 0.15) is 40.9 Å². The summed E-state index contributed by atoms with van der Waals surface area (Å²) in [7, 11) is 0. The van der Waals surface area contributed by atoms with Crippen LogP contribution in [0.25, 0.3) is 0 Å². The number of aromatic nitrogens is 4. The van der Waals surface area contributed by atoms with E-state index in [0.29, 0.717) is 13.0 Å². The van der Waals surface area contributed by atoms with Gasteiger partial charge in [-0.3, -0.25) is 4.79 Å². The number of hydrogen-bond donors (Lipinski definition) is 0. The van der Waals surface area contributed by atoms with Crippen molar-refractivity contribution in [2.45, 2.75) is 58.2 Å². The number of nitrogens with zero attached hydrogens (tertiary/aromatic N) is 5. The molecule has 0 radical (unpaired) electrons. The van der Waals surface area contributed by atoms with Gasteiger partial charge in [0.2, 0.25) is 5.91 Å². The van der Waals surface area contributed by atoms with Crippen molar-refractivity contribution in [1.29, 1.82) is 0 Å². The Bertz CT molecular complexity index is 803. The third-order valence-corrected chi connectivity index (χ3v) is 5.65. The molecule has 2 heterocycles. The van der Waals surface area contributed by atoms with Gasteiger partial charge >= 0.3 is 0 Å². The number of tetrazole rings is 1. The first-order valence-electron chi connectivity index (χ1n) is 8.87. The Labute approximate surface area is 152 Å². The van der Waals surface area contributed by atoms with Gasteiger partial charge in [0.25, 0.3) is 0 Å². The second kappa shape index (κ2) is 6.75. The summed E-state index contributed by atoms with van der Waals surface area (Å²) in [6.07, 6.45) is 5.09. The number of rotatable bonds is 4. The molecule has 2 aromatic rings. The zero-order valence-corrected chi connectivity index (χ0v) is 15.2. The number of carbonyl (C=O) groups excluding carboxylic acids is 1.